The Morgan fingerprint density at radius 1 is 1.21 bits per heavy atom. The van der Waals surface area contributed by atoms with Crippen LogP contribution in [0.4, 0.5) is 4.79 Å². The first-order valence-electron chi connectivity index (χ1n) is 5.75. The predicted molar refractivity (Wildman–Crippen MR) is 66.7 cm³/mol. The molecule has 0 fully saturated rings. The van der Waals surface area contributed by atoms with Crippen LogP contribution in [0.25, 0.3) is 0 Å². The van der Waals surface area contributed by atoms with Gasteiger partial charge in [0.1, 0.15) is 5.75 Å². The standard InChI is InChI=1S/C13H15NO5/c1-3-18-12(16)11(9(2)15)14-13(17)19-10-7-5-4-6-8-10/h4-8,11H,3H2,1-2H3,(H,14,17). The molecule has 0 heterocycles. The molecule has 102 valence electrons. The third-order valence-electron chi connectivity index (χ3n) is 2.14. The van der Waals surface area contributed by atoms with Gasteiger partial charge in [-0.15, -0.1) is 0 Å². The van der Waals surface area contributed by atoms with Crippen molar-refractivity contribution in [1.29, 1.82) is 0 Å². The molecule has 1 aromatic carbocycles. The van der Waals surface area contributed by atoms with Gasteiger partial charge in [0.2, 0.25) is 0 Å². The largest absolute Gasteiger partial charge is 0.464 e. The molecule has 1 unspecified atom stereocenters. The van der Waals surface area contributed by atoms with Crippen LogP contribution < -0.4 is 10.1 Å². The van der Waals surface area contributed by atoms with Crippen LogP contribution in [0.1, 0.15) is 13.8 Å². The maximum Gasteiger partial charge on any atom is 0.413 e. The Morgan fingerprint density at radius 2 is 1.84 bits per heavy atom. The lowest BCUT2D eigenvalue weighted by atomic mass is 10.2. The highest BCUT2D eigenvalue weighted by Gasteiger charge is 2.27. The fourth-order valence-corrected chi connectivity index (χ4v) is 1.30. The van der Waals surface area contributed by atoms with Crippen LogP contribution in [0.5, 0.6) is 5.75 Å². The number of ether oxygens (including phenoxy) is 2. The van der Waals surface area contributed by atoms with E-state index in [9.17, 15) is 14.4 Å². The molecular formula is C13H15NO5. The van der Waals surface area contributed by atoms with Crippen molar-refractivity contribution in [2.24, 2.45) is 0 Å². The van der Waals surface area contributed by atoms with Crippen molar-refractivity contribution in [3.8, 4) is 5.75 Å². The number of carbonyl (C=O) groups is 3. The Hall–Kier alpha value is -2.37. The molecule has 0 aliphatic carbocycles. The van der Waals surface area contributed by atoms with E-state index in [0.717, 1.165) is 0 Å². The second-order valence-electron chi connectivity index (χ2n) is 3.64. The zero-order valence-electron chi connectivity index (χ0n) is 10.7. The van der Waals surface area contributed by atoms with E-state index in [1.54, 1.807) is 37.3 Å². The van der Waals surface area contributed by atoms with E-state index >= 15 is 0 Å². The maximum atomic E-state index is 11.5. The van der Waals surface area contributed by atoms with Gasteiger partial charge >= 0.3 is 12.1 Å². The predicted octanol–water partition coefficient (Wildman–Crippen LogP) is 1.30. The number of benzene rings is 1. The lowest BCUT2D eigenvalue weighted by Crippen LogP contribution is -2.47. The van der Waals surface area contributed by atoms with Gasteiger partial charge in [0.15, 0.2) is 11.8 Å². The minimum Gasteiger partial charge on any atom is -0.464 e. The number of ketones is 1. The van der Waals surface area contributed by atoms with E-state index in [-0.39, 0.29) is 6.61 Å². The Balaban J connectivity index is 2.62. The molecule has 1 N–H and O–H groups in total. The highest BCUT2D eigenvalue weighted by Crippen LogP contribution is 2.08. The van der Waals surface area contributed by atoms with E-state index < -0.39 is 23.9 Å². The van der Waals surface area contributed by atoms with Crippen LogP contribution in [0.15, 0.2) is 30.3 Å². The third kappa shape index (κ3) is 4.79. The number of esters is 1. The van der Waals surface area contributed by atoms with Crippen LogP contribution in [-0.2, 0) is 14.3 Å². The second-order valence-corrected chi connectivity index (χ2v) is 3.64. The molecule has 19 heavy (non-hydrogen) atoms. The summed E-state index contributed by atoms with van der Waals surface area (Å²) in [4.78, 5) is 34.3. The molecule has 1 rings (SSSR count). The molecule has 0 saturated heterocycles. The van der Waals surface area contributed by atoms with Crippen LogP contribution >= 0.6 is 0 Å². The van der Waals surface area contributed by atoms with Crippen molar-refractivity contribution in [3.63, 3.8) is 0 Å². The Bertz CT molecular complexity index is 457. The highest BCUT2D eigenvalue weighted by molar-refractivity contribution is 6.04. The Kier molecular flexibility index (Phi) is 5.53. The van der Waals surface area contributed by atoms with Crippen LogP contribution in [0, 0.1) is 0 Å². The summed E-state index contributed by atoms with van der Waals surface area (Å²) >= 11 is 0. The summed E-state index contributed by atoms with van der Waals surface area (Å²) in [7, 11) is 0. The number of hydrogen-bond acceptors (Lipinski definition) is 5. The summed E-state index contributed by atoms with van der Waals surface area (Å²) in [5.74, 6) is -1.02. The highest BCUT2D eigenvalue weighted by atomic mass is 16.6. The number of hydrogen-bond donors (Lipinski definition) is 1. The summed E-state index contributed by atoms with van der Waals surface area (Å²) in [5, 5.41) is 2.16. The van der Waals surface area contributed by atoms with Crippen LogP contribution in [-0.4, -0.2) is 30.5 Å². The van der Waals surface area contributed by atoms with Gasteiger partial charge < -0.3 is 14.8 Å². The van der Waals surface area contributed by atoms with E-state index in [1.165, 1.54) is 6.92 Å². The molecule has 0 saturated carbocycles. The average molecular weight is 265 g/mol. The molecule has 0 spiro atoms. The molecule has 0 radical (unpaired) electrons. The van der Waals surface area contributed by atoms with Crippen molar-refractivity contribution < 1.29 is 23.9 Å². The van der Waals surface area contributed by atoms with Crippen molar-refractivity contribution in [1.82, 2.24) is 5.32 Å². The van der Waals surface area contributed by atoms with Gasteiger partial charge in [-0.25, -0.2) is 9.59 Å². The lowest BCUT2D eigenvalue weighted by Gasteiger charge is -2.14. The summed E-state index contributed by atoms with van der Waals surface area (Å²) in [5.41, 5.74) is 0. The first-order valence-corrected chi connectivity index (χ1v) is 5.75. The Labute approximate surface area is 110 Å². The first kappa shape index (κ1) is 14.7. The first-order chi connectivity index (χ1) is 9.04. The average Bonchev–Trinajstić information content (AvgIpc) is 2.37. The molecular weight excluding hydrogens is 250 g/mol. The summed E-state index contributed by atoms with van der Waals surface area (Å²) < 4.78 is 9.60. The molecule has 6 nitrogen and oxygen atoms in total. The van der Waals surface area contributed by atoms with Gasteiger partial charge in [-0.3, -0.25) is 4.79 Å². The van der Waals surface area contributed by atoms with Gasteiger partial charge in [0.25, 0.3) is 0 Å². The second kappa shape index (κ2) is 7.15. The van der Waals surface area contributed by atoms with Crippen LogP contribution in [0.3, 0.4) is 0 Å². The fraction of sp³-hybridized carbons (Fsp3) is 0.308. The molecule has 1 amide bonds. The van der Waals surface area contributed by atoms with Gasteiger partial charge in [-0.05, 0) is 26.0 Å². The Morgan fingerprint density at radius 3 is 2.37 bits per heavy atom. The zero-order valence-corrected chi connectivity index (χ0v) is 10.7. The monoisotopic (exact) mass is 265 g/mol. The molecule has 0 aromatic heterocycles. The molecule has 0 aliphatic heterocycles. The maximum absolute atomic E-state index is 11.5. The van der Waals surface area contributed by atoms with Gasteiger partial charge in [-0.2, -0.15) is 0 Å². The summed E-state index contributed by atoms with van der Waals surface area (Å²) in [6.07, 6.45) is -0.889. The van der Waals surface area contributed by atoms with Crippen molar-refractivity contribution in [3.05, 3.63) is 30.3 Å². The molecule has 6 heteroatoms. The number of amides is 1. The number of Topliss-reactive ketones (excluding diaryl/α,β-unsaturated/α-hetero) is 1. The van der Waals surface area contributed by atoms with Gasteiger partial charge in [-0.1, -0.05) is 18.2 Å². The van der Waals surface area contributed by atoms with E-state index in [1.807, 2.05) is 0 Å². The van der Waals surface area contributed by atoms with Crippen LogP contribution in [0.2, 0.25) is 0 Å². The quantitative estimate of drug-likeness (QED) is 0.641. The molecule has 0 bridgehead atoms. The molecule has 1 atom stereocenters. The smallest absolute Gasteiger partial charge is 0.413 e. The van der Waals surface area contributed by atoms with Crippen molar-refractivity contribution in [2.75, 3.05) is 6.61 Å². The summed E-state index contributed by atoms with van der Waals surface area (Å²) in [6.45, 7) is 2.92. The number of rotatable bonds is 5. The van der Waals surface area contributed by atoms with E-state index in [0.29, 0.717) is 5.75 Å². The third-order valence-corrected chi connectivity index (χ3v) is 2.14. The van der Waals surface area contributed by atoms with Gasteiger partial charge in [0.05, 0.1) is 6.61 Å². The topological polar surface area (TPSA) is 81.7 Å². The minimum absolute atomic E-state index is 0.123. The molecule has 1 aromatic rings. The van der Waals surface area contributed by atoms with E-state index in [4.69, 9.17) is 4.74 Å². The van der Waals surface area contributed by atoms with E-state index in [2.05, 4.69) is 10.1 Å². The normalized spacial score (nSPS) is 11.3. The minimum atomic E-state index is -1.35. The molecule has 0 aliphatic rings. The van der Waals surface area contributed by atoms with Gasteiger partial charge in [0, 0.05) is 0 Å². The number of nitrogens with one attached hydrogen (secondary N) is 1. The zero-order chi connectivity index (χ0) is 14.3. The fourth-order valence-electron chi connectivity index (χ4n) is 1.30. The van der Waals surface area contributed by atoms with Crippen molar-refractivity contribution >= 4 is 17.8 Å². The van der Waals surface area contributed by atoms with Crippen molar-refractivity contribution in [2.45, 2.75) is 19.9 Å². The number of carbonyl (C=O) groups excluding carboxylic acids is 3. The lowest BCUT2D eigenvalue weighted by molar-refractivity contribution is -0.148. The SMILES string of the molecule is CCOC(=O)C(NC(=O)Oc1ccccc1)C(C)=O. The number of para-hydroxylation sites is 1. The summed E-state index contributed by atoms with van der Waals surface area (Å²) in [6, 6.07) is 6.95.